The number of rotatable bonds is 5. The summed E-state index contributed by atoms with van der Waals surface area (Å²) in [6.45, 7) is 4.16. The Hall–Kier alpha value is -1.59. The summed E-state index contributed by atoms with van der Waals surface area (Å²) in [5, 5.41) is 1.06. The second kappa shape index (κ2) is 8.19. The van der Waals surface area contributed by atoms with Crippen LogP contribution in [0, 0.1) is 0 Å². The second-order valence-corrected chi connectivity index (χ2v) is 7.04. The molecule has 1 fully saturated rings. The van der Waals surface area contributed by atoms with Crippen molar-refractivity contribution in [1.29, 1.82) is 0 Å². The van der Waals surface area contributed by atoms with E-state index in [2.05, 4.69) is 16.8 Å². The molecule has 25 heavy (non-hydrogen) atoms. The van der Waals surface area contributed by atoms with Crippen molar-refractivity contribution >= 4 is 29.0 Å². The molecule has 0 spiro atoms. The molecular formula is C19H20Cl2N2O2. The van der Waals surface area contributed by atoms with Crippen molar-refractivity contribution in [3.63, 3.8) is 0 Å². The van der Waals surface area contributed by atoms with Crippen LogP contribution in [-0.4, -0.2) is 55.4 Å². The Bertz CT molecular complexity index is 742. The molecule has 0 bridgehead atoms. The van der Waals surface area contributed by atoms with Crippen molar-refractivity contribution in [3.05, 3.63) is 58.1 Å². The fraction of sp³-hybridized carbons (Fsp3) is 0.316. The van der Waals surface area contributed by atoms with Crippen LogP contribution in [0.5, 0.6) is 11.5 Å². The predicted octanol–water partition coefficient (Wildman–Crippen LogP) is 4.22. The number of hydrogen-bond donors (Lipinski definition) is 0. The van der Waals surface area contributed by atoms with Gasteiger partial charge in [-0.25, -0.2) is 0 Å². The Morgan fingerprint density at radius 2 is 1.64 bits per heavy atom. The van der Waals surface area contributed by atoms with Crippen molar-refractivity contribution in [2.45, 2.75) is 0 Å². The molecule has 3 rings (SSSR count). The average molecular weight is 379 g/mol. The van der Waals surface area contributed by atoms with E-state index in [1.807, 2.05) is 0 Å². The van der Waals surface area contributed by atoms with Gasteiger partial charge in [-0.15, -0.1) is 0 Å². The van der Waals surface area contributed by atoms with Crippen molar-refractivity contribution < 1.29 is 9.53 Å². The van der Waals surface area contributed by atoms with Crippen molar-refractivity contribution in [2.75, 3.05) is 39.8 Å². The summed E-state index contributed by atoms with van der Waals surface area (Å²) < 4.78 is 5.74. The molecule has 0 amide bonds. The largest absolute Gasteiger partial charge is 0.457 e. The molecule has 0 aromatic heterocycles. The molecule has 0 saturated carbocycles. The van der Waals surface area contributed by atoms with Crippen LogP contribution in [-0.2, 0) is 0 Å². The number of benzene rings is 2. The van der Waals surface area contributed by atoms with E-state index in [1.54, 1.807) is 42.5 Å². The molecule has 0 aliphatic carbocycles. The normalized spacial score (nSPS) is 16.0. The predicted molar refractivity (Wildman–Crippen MR) is 101 cm³/mol. The van der Waals surface area contributed by atoms with E-state index < -0.39 is 0 Å². The molecule has 2 aromatic carbocycles. The van der Waals surface area contributed by atoms with Crippen molar-refractivity contribution in [3.8, 4) is 11.5 Å². The number of hydrogen-bond acceptors (Lipinski definition) is 4. The third-order valence-corrected chi connectivity index (χ3v) is 4.82. The highest BCUT2D eigenvalue weighted by Gasteiger charge is 2.19. The molecule has 0 unspecified atom stereocenters. The van der Waals surface area contributed by atoms with Crippen molar-refractivity contribution in [1.82, 2.24) is 9.80 Å². The minimum atomic E-state index is 0.0348. The van der Waals surface area contributed by atoms with E-state index in [-0.39, 0.29) is 5.78 Å². The zero-order valence-corrected chi connectivity index (χ0v) is 15.6. The zero-order valence-electron chi connectivity index (χ0n) is 14.0. The summed E-state index contributed by atoms with van der Waals surface area (Å²) in [5.41, 5.74) is 0.532. The lowest BCUT2D eigenvalue weighted by atomic mass is 10.1. The quantitative estimate of drug-likeness (QED) is 0.729. The maximum atomic E-state index is 12.5. The number of carbonyl (C=O) groups excluding carboxylic acids is 1. The van der Waals surface area contributed by atoms with Gasteiger partial charge in [0.1, 0.15) is 11.5 Å². The molecule has 4 nitrogen and oxygen atoms in total. The summed E-state index contributed by atoms with van der Waals surface area (Å²) in [5.74, 6) is 1.29. The number of halogens is 2. The Morgan fingerprint density at radius 3 is 2.28 bits per heavy atom. The molecule has 1 aliphatic heterocycles. The van der Waals surface area contributed by atoms with Gasteiger partial charge in [-0.3, -0.25) is 9.69 Å². The number of likely N-dealkylation sites (N-methyl/N-ethyl adjacent to an activating group) is 1. The zero-order chi connectivity index (χ0) is 17.8. The molecule has 0 N–H and O–H groups in total. The summed E-state index contributed by atoms with van der Waals surface area (Å²) >= 11 is 12.2. The summed E-state index contributed by atoms with van der Waals surface area (Å²) in [6, 6.07) is 12.2. The fourth-order valence-electron chi connectivity index (χ4n) is 2.72. The van der Waals surface area contributed by atoms with Gasteiger partial charge in [-0.05, 0) is 43.4 Å². The molecule has 1 saturated heterocycles. The Kier molecular flexibility index (Phi) is 5.97. The molecule has 1 aliphatic rings. The number of carbonyl (C=O) groups is 1. The first-order chi connectivity index (χ1) is 12.0. The van der Waals surface area contributed by atoms with Gasteiger partial charge < -0.3 is 9.64 Å². The van der Waals surface area contributed by atoms with E-state index in [0.717, 1.165) is 26.2 Å². The molecule has 1 heterocycles. The van der Waals surface area contributed by atoms with Crippen LogP contribution in [0.4, 0.5) is 0 Å². The van der Waals surface area contributed by atoms with E-state index >= 15 is 0 Å². The standard InChI is InChI=1S/C19H20Cl2N2O2/c1-22-8-10-23(11-9-22)13-19(24)17-7-6-16(12-18(17)21)25-15-4-2-14(20)3-5-15/h2-7,12H,8-11,13H2,1H3. The first kappa shape index (κ1) is 18.2. The SMILES string of the molecule is CN1CCN(CC(=O)c2ccc(Oc3ccc(Cl)cc3)cc2Cl)CC1. The first-order valence-electron chi connectivity index (χ1n) is 8.18. The highest BCUT2D eigenvalue weighted by atomic mass is 35.5. The van der Waals surface area contributed by atoms with Gasteiger partial charge in [-0.2, -0.15) is 0 Å². The highest BCUT2D eigenvalue weighted by molar-refractivity contribution is 6.34. The Balaban J connectivity index is 1.64. The fourth-order valence-corrected chi connectivity index (χ4v) is 3.12. The summed E-state index contributed by atoms with van der Waals surface area (Å²) in [7, 11) is 2.09. The maximum absolute atomic E-state index is 12.5. The van der Waals surface area contributed by atoms with E-state index in [0.29, 0.717) is 33.7 Å². The molecular weight excluding hydrogens is 359 g/mol. The number of ether oxygens (including phenoxy) is 1. The van der Waals surface area contributed by atoms with Gasteiger partial charge in [0.25, 0.3) is 0 Å². The van der Waals surface area contributed by atoms with E-state index in [1.165, 1.54) is 0 Å². The minimum absolute atomic E-state index is 0.0348. The van der Waals surface area contributed by atoms with Crippen LogP contribution in [0.1, 0.15) is 10.4 Å². The smallest absolute Gasteiger partial charge is 0.178 e. The monoisotopic (exact) mass is 378 g/mol. The number of ketones is 1. The van der Waals surface area contributed by atoms with Gasteiger partial charge in [0.15, 0.2) is 5.78 Å². The van der Waals surface area contributed by atoms with Gasteiger partial charge in [-0.1, -0.05) is 23.2 Å². The van der Waals surface area contributed by atoms with Gasteiger partial charge in [0.2, 0.25) is 0 Å². The lowest BCUT2D eigenvalue weighted by Gasteiger charge is -2.31. The van der Waals surface area contributed by atoms with Crippen LogP contribution in [0.25, 0.3) is 0 Å². The van der Waals surface area contributed by atoms with Gasteiger partial charge >= 0.3 is 0 Å². The first-order valence-corrected chi connectivity index (χ1v) is 8.94. The maximum Gasteiger partial charge on any atom is 0.178 e. The van der Waals surface area contributed by atoms with Crippen LogP contribution in [0.2, 0.25) is 10.0 Å². The van der Waals surface area contributed by atoms with Gasteiger partial charge in [0, 0.05) is 42.8 Å². The van der Waals surface area contributed by atoms with Crippen LogP contribution in [0.15, 0.2) is 42.5 Å². The lowest BCUT2D eigenvalue weighted by Crippen LogP contribution is -2.46. The molecule has 2 aromatic rings. The third-order valence-electron chi connectivity index (χ3n) is 4.25. The molecule has 132 valence electrons. The summed E-state index contributed by atoms with van der Waals surface area (Å²) in [4.78, 5) is 17.0. The van der Waals surface area contributed by atoms with Crippen LogP contribution < -0.4 is 4.74 Å². The number of piperazine rings is 1. The van der Waals surface area contributed by atoms with E-state index in [9.17, 15) is 4.79 Å². The third kappa shape index (κ3) is 4.95. The van der Waals surface area contributed by atoms with Crippen LogP contribution in [0.3, 0.4) is 0 Å². The molecule has 6 heteroatoms. The van der Waals surface area contributed by atoms with Gasteiger partial charge in [0.05, 0.1) is 11.6 Å². The number of nitrogens with zero attached hydrogens (tertiary/aromatic N) is 2. The number of Topliss-reactive ketones (excluding diaryl/α,β-unsaturated/α-hetero) is 1. The second-order valence-electron chi connectivity index (χ2n) is 6.20. The highest BCUT2D eigenvalue weighted by Crippen LogP contribution is 2.28. The van der Waals surface area contributed by atoms with Crippen LogP contribution >= 0.6 is 23.2 Å². The Labute approximate surface area is 157 Å². The summed E-state index contributed by atoms with van der Waals surface area (Å²) in [6.07, 6.45) is 0. The van der Waals surface area contributed by atoms with Crippen molar-refractivity contribution in [2.24, 2.45) is 0 Å². The lowest BCUT2D eigenvalue weighted by molar-refractivity contribution is 0.0876. The minimum Gasteiger partial charge on any atom is -0.457 e. The van der Waals surface area contributed by atoms with E-state index in [4.69, 9.17) is 27.9 Å². The Morgan fingerprint density at radius 1 is 1.00 bits per heavy atom. The molecule has 0 radical (unpaired) electrons. The average Bonchev–Trinajstić information content (AvgIpc) is 2.59. The topological polar surface area (TPSA) is 32.8 Å². The molecule has 0 atom stereocenters.